The Morgan fingerprint density at radius 1 is 1.29 bits per heavy atom. The minimum Gasteiger partial charge on any atom is -0.433 e. The molecule has 0 rings (SSSR count). The van der Waals surface area contributed by atoms with Gasteiger partial charge in [0.2, 0.25) is 0 Å². The van der Waals surface area contributed by atoms with E-state index in [2.05, 4.69) is 74.4 Å². The van der Waals surface area contributed by atoms with Crippen LogP contribution in [-0.4, -0.2) is 32.1 Å². The van der Waals surface area contributed by atoms with E-state index in [0.29, 0.717) is 12.2 Å². The second kappa shape index (κ2) is 9.29. The van der Waals surface area contributed by atoms with Gasteiger partial charge in [0.1, 0.15) is 0 Å². The number of hydrogen-bond acceptors (Lipinski definition) is 3. The average molecular weight is 578 g/mol. The average Bonchev–Trinajstić information content (AvgIpc) is 2.31. The zero-order valence-electron chi connectivity index (χ0n) is 9.97. The van der Waals surface area contributed by atoms with Crippen molar-refractivity contribution in [2.75, 3.05) is 19.9 Å². The molecule has 0 spiro atoms. The van der Waals surface area contributed by atoms with Crippen molar-refractivity contribution >= 4 is 73.7 Å². The predicted octanol–water partition coefficient (Wildman–Crippen LogP) is 3.76. The van der Waals surface area contributed by atoms with E-state index in [1.807, 2.05) is 0 Å². The third kappa shape index (κ3) is 6.90. The Kier molecular flexibility index (Phi) is 10.0. The highest BCUT2D eigenvalue weighted by Gasteiger charge is 2.28. The Morgan fingerprint density at radius 3 is 2.12 bits per heavy atom. The molecule has 17 heavy (non-hydrogen) atoms. The summed E-state index contributed by atoms with van der Waals surface area (Å²) in [5.41, 5.74) is 0.550. The number of rotatable bonds is 8. The molecule has 0 radical (unpaired) electrons. The maximum atomic E-state index is 11.3. The number of carbonyl (C=O) groups is 1. The third-order valence-corrected chi connectivity index (χ3v) is 6.95. The lowest BCUT2D eigenvalue weighted by molar-refractivity contribution is -0.174. The summed E-state index contributed by atoms with van der Waals surface area (Å²) in [6.07, 6.45) is -0.521. The van der Waals surface area contributed by atoms with Crippen LogP contribution in [0.5, 0.6) is 0 Å². The largest absolute Gasteiger partial charge is 0.433 e. The molecule has 0 aromatic carbocycles. The molecule has 0 aromatic heterocycles. The number of halogens is 3. The van der Waals surface area contributed by atoms with Crippen molar-refractivity contribution in [1.82, 2.24) is 0 Å². The molecule has 0 fully saturated rings. The smallest absolute Gasteiger partial charge is 0.335 e. The zero-order chi connectivity index (χ0) is 13.5. The van der Waals surface area contributed by atoms with E-state index in [4.69, 9.17) is 9.47 Å². The van der Waals surface area contributed by atoms with Crippen LogP contribution in [0.1, 0.15) is 13.8 Å². The monoisotopic (exact) mass is 578 g/mol. The summed E-state index contributed by atoms with van der Waals surface area (Å²) >= 11 is 7.12. The maximum absolute atomic E-state index is 11.3. The first kappa shape index (κ1) is 18.4. The summed E-state index contributed by atoms with van der Waals surface area (Å²) < 4.78 is 13.8. The summed E-state index contributed by atoms with van der Waals surface area (Å²) in [7, 11) is 0. The molecule has 0 N–H and O–H groups in total. The molecule has 6 heteroatoms. The quantitative estimate of drug-likeness (QED) is 0.145. The van der Waals surface area contributed by atoms with Gasteiger partial charge in [0.15, 0.2) is 6.29 Å². The van der Waals surface area contributed by atoms with Gasteiger partial charge in [0, 0.05) is 24.3 Å². The molecule has 0 aliphatic rings. The summed E-state index contributed by atoms with van der Waals surface area (Å²) in [5.74, 6) is -0.401. The van der Waals surface area contributed by atoms with E-state index < -0.39 is 12.3 Å². The van der Waals surface area contributed by atoms with Crippen molar-refractivity contribution < 1.29 is 14.3 Å². The van der Waals surface area contributed by atoms with Crippen LogP contribution in [-0.2, 0) is 14.3 Å². The molecule has 0 heterocycles. The number of ether oxygens (including phenoxy) is 2. The van der Waals surface area contributed by atoms with E-state index >= 15 is 0 Å². The topological polar surface area (TPSA) is 35.5 Å². The fraction of sp³-hybridized carbons (Fsp3) is 0.727. The fourth-order valence-electron chi connectivity index (χ4n) is 0.802. The van der Waals surface area contributed by atoms with Gasteiger partial charge in [-0.1, -0.05) is 74.4 Å². The van der Waals surface area contributed by atoms with E-state index in [9.17, 15) is 4.79 Å². The van der Waals surface area contributed by atoms with Gasteiger partial charge in [0.25, 0.3) is 0 Å². The van der Waals surface area contributed by atoms with Crippen molar-refractivity contribution in [3.8, 4) is 0 Å². The number of alkyl halides is 3. The summed E-state index contributed by atoms with van der Waals surface area (Å²) in [5, 5.41) is 0. The molecular formula is C11H17I3O3. The van der Waals surface area contributed by atoms with Gasteiger partial charge in [-0.2, -0.15) is 0 Å². The molecule has 0 amide bonds. The SMILES string of the molecule is C=C(C)C(=O)OC(C)OCC(CI)(CI)CI. The molecule has 1 unspecified atom stereocenters. The number of hydrogen-bond donors (Lipinski definition) is 0. The Bertz CT molecular complexity index is 256. The fourth-order valence-corrected chi connectivity index (χ4v) is 6.18. The van der Waals surface area contributed by atoms with Gasteiger partial charge < -0.3 is 9.47 Å². The molecule has 0 aliphatic heterocycles. The molecule has 0 aromatic rings. The maximum Gasteiger partial charge on any atom is 0.335 e. The first-order valence-corrected chi connectivity index (χ1v) is 9.64. The Labute approximate surface area is 144 Å². The summed E-state index contributed by atoms with van der Waals surface area (Å²) in [4.78, 5) is 11.3. The Balaban J connectivity index is 4.18. The van der Waals surface area contributed by atoms with Gasteiger partial charge in [-0.25, -0.2) is 4.79 Å². The molecular weight excluding hydrogens is 561 g/mol. The van der Waals surface area contributed by atoms with E-state index in [0.717, 1.165) is 13.3 Å². The number of esters is 1. The van der Waals surface area contributed by atoms with Gasteiger partial charge in [0.05, 0.1) is 6.61 Å². The lowest BCUT2D eigenvalue weighted by atomic mass is 9.98. The van der Waals surface area contributed by atoms with Crippen LogP contribution in [0.2, 0.25) is 0 Å². The highest BCUT2D eigenvalue weighted by Crippen LogP contribution is 2.27. The van der Waals surface area contributed by atoms with Crippen LogP contribution in [0.15, 0.2) is 12.2 Å². The van der Waals surface area contributed by atoms with E-state index in [-0.39, 0.29) is 5.41 Å². The molecule has 0 saturated carbocycles. The standard InChI is InChI=1S/C11H17I3O3/c1-8(2)10(15)17-9(3)16-7-11(4-12,5-13)6-14/h9H,1,4-7H2,2-3H3. The molecule has 0 saturated heterocycles. The second-order valence-corrected chi connectivity index (χ2v) is 6.25. The van der Waals surface area contributed by atoms with Gasteiger partial charge >= 0.3 is 5.97 Å². The van der Waals surface area contributed by atoms with Crippen molar-refractivity contribution in [3.63, 3.8) is 0 Å². The van der Waals surface area contributed by atoms with Gasteiger partial charge in [-0.3, -0.25) is 0 Å². The van der Waals surface area contributed by atoms with E-state index in [1.54, 1.807) is 13.8 Å². The van der Waals surface area contributed by atoms with Crippen molar-refractivity contribution in [2.24, 2.45) is 5.41 Å². The Morgan fingerprint density at radius 2 is 1.76 bits per heavy atom. The zero-order valence-corrected chi connectivity index (χ0v) is 16.4. The van der Waals surface area contributed by atoms with Crippen molar-refractivity contribution in [2.45, 2.75) is 20.1 Å². The molecule has 0 aliphatic carbocycles. The van der Waals surface area contributed by atoms with Crippen molar-refractivity contribution in [3.05, 3.63) is 12.2 Å². The normalized spacial score (nSPS) is 13.2. The minimum atomic E-state index is -0.521. The van der Waals surface area contributed by atoms with Crippen LogP contribution in [0.4, 0.5) is 0 Å². The third-order valence-electron chi connectivity index (χ3n) is 2.10. The van der Waals surface area contributed by atoms with Crippen LogP contribution in [0, 0.1) is 5.41 Å². The summed E-state index contributed by atoms with van der Waals surface area (Å²) in [6.45, 7) is 7.50. The summed E-state index contributed by atoms with van der Waals surface area (Å²) in [6, 6.07) is 0. The first-order valence-electron chi connectivity index (χ1n) is 5.07. The second-order valence-electron chi connectivity index (χ2n) is 3.97. The lowest BCUT2D eigenvalue weighted by Gasteiger charge is -2.28. The first-order chi connectivity index (χ1) is 7.90. The predicted molar refractivity (Wildman–Crippen MR) is 95.4 cm³/mol. The van der Waals surface area contributed by atoms with Gasteiger partial charge in [-0.15, -0.1) is 0 Å². The molecule has 0 bridgehead atoms. The van der Waals surface area contributed by atoms with Crippen LogP contribution < -0.4 is 0 Å². The Hall–Kier alpha value is 1.36. The van der Waals surface area contributed by atoms with Crippen LogP contribution in [0.3, 0.4) is 0 Å². The minimum absolute atomic E-state index is 0.158. The van der Waals surface area contributed by atoms with Crippen molar-refractivity contribution in [1.29, 1.82) is 0 Å². The van der Waals surface area contributed by atoms with Crippen LogP contribution in [0.25, 0.3) is 0 Å². The number of carbonyl (C=O) groups excluding carboxylic acids is 1. The highest BCUT2D eigenvalue weighted by atomic mass is 127. The van der Waals surface area contributed by atoms with Crippen LogP contribution >= 0.6 is 67.8 Å². The molecule has 1 atom stereocenters. The molecule has 100 valence electrons. The lowest BCUT2D eigenvalue weighted by Crippen LogP contribution is -2.35. The molecule has 3 nitrogen and oxygen atoms in total. The van der Waals surface area contributed by atoms with E-state index in [1.165, 1.54) is 0 Å². The highest BCUT2D eigenvalue weighted by molar-refractivity contribution is 14.1. The van der Waals surface area contributed by atoms with Gasteiger partial charge in [-0.05, 0) is 13.8 Å².